The molecule has 0 fully saturated rings. The number of carbonyl (C=O) groups is 1. The molecule has 4 heteroatoms. The maximum absolute atomic E-state index is 11.2. The number of allylic oxidation sites excluding steroid dienone is 3. The largest absolute Gasteiger partial charge is 0.404 e. The average Bonchev–Trinajstić information content (AvgIpc) is 1.96. The van der Waals surface area contributed by atoms with Crippen molar-refractivity contribution in [1.82, 2.24) is 0 Å². The van der Waals surface area contributed by atoms with Crippen LogP contribution in [0.15, 0.2) is 22.3 Å². The smallest absolute Gasteiger partial charge is 0.182 e. The number of nitrogens with two attached hydrogens (primary N) is 1. The summed E-state index contributed by atoms with van der Waals surface area (Å²) >= 11 is 8.98. The standard InChI is InChI=1S/C7H7BrClNO/c8-5-1-4(3-10)7(11)6(9)2-5/h1,3,6H,2,10H2. The molecule has 1 unspecified atom stereocenters. The molecule has 0 aromatic heterocycles. The number of rotatable bonds is 0. The lowest BCUT2D eigenvalue weighted by molar-refractivity contribution is -0.115. The number of Topliss-reactive ketones (excluding diaryl/α,β-unsaturated/α-hetero) is 1. The molecule has 60 valence electrons. The van der Waals surface area contributed by atoms with Crippen molar-refractivity contribution < 1.29 is 4.79 Å². The lowest BCUT2D eigenvalue weighted by atomic mass is 10.0. The van der Waals surface area contributed by atoms with E-state index in [9.17, 15) is 4.79 Å². The Bertz CT molecular complexity index is 247. The van der Waals surface area contributed by atoms with E-state index in [4.69, 9.17) is 17.3 Å². The van der Waals surface area contributed by atoms with Crippen LogP contribution < -0.4 is 5.73 Å². The lowest BCUT2D eigenvalue weighted by Crippen LogP contribution is -2.20. The van der Waals surface area contributed by atoms with Crippen LogP contribution in [0.2, 0.25) is 0 Å². The minimum Gasteiger partial charge on any atom is -0.404 e. The number of halogens is 2. The SMILES string of the molecule is NC=C1C=C(Br)CC(Cl)C1=O. The summed E-state index contributed by atoms with van der Waals surface area (Å²) in [6.07, 6.45) is 3.52. The average molecular weight is 236 g/mol. The van der Waals surface area contributed by atoms with Crippen molar-refractivity contribution >= 4 is 33.3 Å². The molecule has 0 saturated heterocycles. The molecule has 0 aromatic rings. The molecule has 2 N–H and O–H groups in total. The van der Waals surface area contributed by atoms with Crippen LogP contribution in [0.25, 0.3) is 0 Å². The minimum absolute atomic E-state index is 0.0997. The first kappa shape index (κ1) is 8.81. The van der Waals surface area contributed by atoms with Crippen LogP contribution in [-0.4, -0.2) is 11.2 Å². The van der Waals surface area contributed by atoms with Gasteiger partial charge in [0.15, 0.2) is 5.78 Å². The van der Waals surface area contributed by atoms with Gasteiger partial charge >= 0.3 is 0 Å². The fourth-order valence-electron chi connectivity index (χ4n) is 0.874. The van der Waals surface area contributed by atoms with E-state index in [0.717, 1.165) is 4.48 Å². The molecular weight excluding hydrogens is 229 g/mol. The van der Waals surface area contributed by atoms with Gasteiger partial charge in [0.05, 0.1) is 0 Å². The van der Waals surface area contributed by atoms with Gasteiger partial charge in [-0.15, -0.1) is 11.6 Å². The summed E-state index contributed by atoms with van der Waals surface area (Å²) in [6, 6.07) is 0. The van der Waals surface area contributed by atoms with Gasteiger partial charge in [0, 0.05) is 18.2 Å². The second-order valence-corrected chi connectivity index (χ2v) is 3.79. The minimum atomic E-state index is -0.468. The van der Waals surface area contributed by atoms with Gasteiger partial charge in [-0.2, -0.15) is 0 Å². The molecule has 2 nitrogen and oxygen atoms in total. The summed E-state index contributed by atoms with van der Waals surface area (Å²) in [6.45, 7) is 0. The highest BCUT2D eigenvalue weighted by Gasteiger charge is 2.23. The number of hydrogen-bond acceptors (Lipinski definition) is 2. The number of alkyl halides is 1. The molecule has 0 saturated carbocycles. The molecule has 0 heterocycles. The zero-order chi connectivity index (χ0) is 8.43. The van der Waals surface area contributed by atoms with Crippen molar-refractivity contribution in [2.75, 3.05) is 0 Å². The molecule has 1 aliphatic rings. The predicted molar refractivity (Wildman–Crippen MR) is 48.5 cm³/mol. The first-order chi connectivity index (χ1) is 5.15. The Kier molecular flexibility index (Phi) is 2.73. The normalized spacial score (nSPS) is 28.9. The van der Waals surface area contributed by atoms with Crippen molar-refractivity contribution in [2.24, 2.45) is 5.73 Å². The zero-order valence-corrected chi connectivity index (χ0v) is 8.02. The number of hydrogen-bond donors (Lipinski definition) is 1. The van der Waals surface area contributed by atoms with E-state index in [2.05, 4.69) is 15.9 Å². The van der Waals surface area contributed by atoms with Gasteiger partial charge in [0.1, 0.15) is 5.38 Å². The van der Waals surface area contributed by atoms with E-state index in [-0.39, 0.29) is 5.78 Å². The van der Waals surface area contributed by atoms with Crippen molar-refractivity contribution in [3.63, 3.8) is 0 Å². The zero-order valence-electron chi connectivity index (χ0n) is 5.68. The molecule has 1 rings (SSSR count). The second kappa shape index (κ2) is 3.41. The molecule has 11 heavy (non-hydrogen) atoms. The number of carbonyl (C=O) groups excluding carboxylic acids is 1. The van der Waals surface area contributed by atoms with Gasteiger partial charge in [0.2, 0.25) is 0 Å². The molecule has 0 amide bonds. The van der Waals surface area contributed by atoms with Crippen LogP contribution in [0.4, 0.5) is 0 Å². The van der Waals surface area contributed by atoms with Crippen LogP contribution in [0.1, 0.15) is 6.42 Å². The quantitative estimate of drug-likeness (QED) is 0.514. The van der Waals surface area contributed by atoms with Gasteiger partial charge in [-0.05, 0) is 10.6 Å². The summed E-state index contributed by atoms with van der Waals surface area (Å²) < 4.78 is 0.911. The summed E-state index contributed by atoms with van der Waals surface area (Å²) in [4.78, 5) is 11.2. The summed E-state index contributed by atoms with van der Waals surface area (Å²) in [7, 11) is 0. The van der Waals surface area contributed by atoms with Crippen LogP contribution in [0, 0.1) is 0 Å². The van der Waals surface area contributed by atoms with Gasteiger partial charge in [-0.1, -0.05) is 15.9 Å². The van der Waals surface area contributed by atoms with E-state index in [1.165, 1.54) is 6.20 Å². The predicted octanol–water partition coefficient (Wildman–Crippen LogP) is 1.69. The van der Waals surface area contributed by atoms with E-state index in [0.29, 0.717) is 12.0 Å². The third kappa shape index (κ3) is 1.84. The van der Waals surface area contributed by atoms with Gasteiger partial charge in [0.25, 0.3) is 0 Å². The van der Waals surface area contributed by atoms with E-state index >= 15 is 0 Å². The Balaban J connectivity index is 2.97. The molecule has 0 radical (unpaired) electrons. The summed E-state index contributed by atoms with van der Waals surface area (Å²) in [5, 5.41) is -0.468. The van der Waals surface area contributed by atoms with E-state index in [1.54, 1.807) is 6.08 Å². The maximum atomic E-state index is 11.2. The van der Waals surface area contributed by atoms with Crippen LogP contribution in [0.3, 0.4) is 0 Å². The van der Waals surface area contributed by atoms with Crippen molar-refractivity contribution in [3.8, 4) is 0 Å². The maximum Gasteiger partial charge on any atom is 0.182 e. The van der Waals surface area contributed by atoms with Crippen molar-refractivity contribution in [3.05, 3.63) is 22.3 Å². The summed E-state index contributed by atoms with van der Waals surface area (Å²) in [5.74, 6) is -0.0997. The Morgan fingerprint density at radius 2 is 2.45 bits per heavy atom. The molecule has 0 bridgehead atoms. The van der Waals surface area contributed by atoms with Crippen LogP contribution in [0.5, 0.6) is 0 Å². The molecule has 1 aliphatic carbocycles. The Labute approximate surface area is 78.2 Å². The van der Waals surface area contributed by atoms with Crippen LogP contribution in [-0.2, 0) is 4.79 Å². The first-order valence-corrected chi connectivity index (χ1v) is 4.34. The molecular formula is C7H7BrClNO. The highest BCUT2D eigenvalue weighted by molar-refractivity contribution is 9.11. The monoisotopic (exact) mass is 235 g/mol. The fourth-order valence-corrected chi connectivity index (χ4v) is 1.92. The molecule has 0 spiro atoms. The first-order valence-electron chi connectivity index (χ1n) is 3.11. The lowest BCUT2D eigenvalue weighted by Gasteiger charge is -2.14. The highest BCUT2D eigenvalue weighted by atomic mass is 79.9. The van der Waals surface area contributed by atoms with Gasteiger partial charge in [-0.25, -0.2) is 0 Å². The van der Waals surface area contributed by atoms with Crippen LogP contribution >= 0.6 is 27.5 Å². The third-order valence-electron chi connectivity index (χ3n) is 1.43. The fraction of sp³-hybridized carbons (Fsp3) is 0.286. The van der Waals surface area contributed by atoms with Gasteiger partial charge < -0.3 is 5.73 Å². The third-order valence-corrected chi connectivity index (χ3v) is 2.34. The van der Waals surface area contributed by atoms with Gasteiger partial charge in [-0.3, -0.25) is 4.79 Å². The van der Waals surface area contributed by atoms with Crippen molar-refractivity contribution in [1.29, 1.82) is 0 Å². The molecule has 0 aliphatic heterocycles. The van der Waals surface area contributed by atoms with E-state index < -0.39 is 5.38 Å². The Morgan fingerprint density at radius 3 is 3.00 bits per heavy atom. The Hall–Kier alpha value is -0.280. The molecule has 0 aromatic carbocycles. The van der Waals surface area contributed by atoms with E-state index in [1.807, 2.05) is 0 Å². The Morgan fingerprint density at radius 1 is 1.82 bits per heavy atom. The topological polar surface area (TPSA) is 43.1 Å². The second-order valence-electron chi connectivity index (χ2n) is 2.25. The number of ketones is 1. The molecule has 1 atom stereocenters. The van der Waals surface area contributed by atoms with Crippen molar-refractivity contribution in [2.45, 2.75) is 11.8 Å². The highest BCUT2D eigenvalue weighted by Crippen LogP contribution is 2.26. The summed E-state index contributed by atoms with van der Waals surface area (Å²) in [5.41, 5.74) is 5.69.